The number of amidine groups is 1. The van der Waals surface area contributed by atoms with Crippen LogP contribution in [0.15, 0.2) is 46.4 Å². The Kier molecular flexibility index (Phi) is 5.82. The predicted molar refractivity (Wildman–Crippen MR) is 106 cm³/mol. The van der Waals surface area contributed by atoms with Crippen molar-refractivity contribution in [2.75, 3.05) is 10.1 Å². The highest BCUT2D eigenvalue weighted by Gasteiger charge is 2.16. The van der Waals surface area contributed by atoms with Gasteiger partial charge in [-0.05, 0) is 56.2 Å². The molecule has 0 unspecified atom stereocenters. The van der Waals surface area contributed by atoms with Gasteiger partial charge in [-0.3, -0.25) is 15.6 Å². The maximum absolute atomic E-state index is 12.7. The van der Waals surface area contributed by atoms with E-state index in [1.807, 2.05) is 32.9 Å². The minimum absolute atomic E-state index is 0.0866. The molecule has 140 valence electrons. The lowest BCUT2D eigenvalue weighted by atomic mass is 10.1. The number of nitrogens with zero attached hydrogens (tertiary/aromatic N) is 2. The van der Waals surface area contributed by atoms with E-state index in [2.05, 4.69) is 15.2 Å². The van der Waals surface area contributed by atoms with Crippen molar-refractivity contribution in [2.45, 2.75) is 25.7 Å². The van der Waals surface area contributed by atoms with Gasteiger partial charge < -0.3 is 5.73 Å². The van der Waals surface area contributed by atoms with Crippen molar-refractivity contribution in [3.63, 3.8) is 0 Å². The van der Waals surface area contributed by atoms with Crippen LogP contribution in [0.1, 0.15) is 16.7 Å². The molecule has 2 aromatic rings. The maximum atomic E-state index is 12.7. The summed E-state index contributed by atoms with van der Waals surface area (Å²) in [6, 6.07) is 11.3. The molecule has 0 saturated carbocycles. The third-order valence-corrected chi connectivity index (χ3v) is 5.10. The number of hydrazone groups is 1. The Hall–Kier alpha value is -3.38. The predicted octanol–water partition coefficient (Wildman–Crippen LogP) is 2.64. The molecule has 2 aromatic carbocycles. The second-order valence-corrected chi connectivity index (χ2v) is 7.68. The summed E-state index contributed by atoms with van der Waals surface area (Å²) in [4.78, 5) is 0.0866. The van der Waals surface area contributed by atoms with Gasteiger partial charge in [0.25, 0.3) is 10.0 Å². The average molecular weight is 384 g/mol. The molecule has 0 aromatic heterocycles. The fraction of sp³-hybridized carbons (Fsp3) is 0.167. The Bertz CT molecular complexity index is 1030. The number of hydrogen-bond donors (Lipinski definition) is 4. The number of nitriles is 1. The Morgan fingerprint density at radius 1 is 1.15 bits per heavy atom. The Morgan fingerprint density at radius 3 is 2.19 bits per heavy atom. The summed E-state index contributed by atoms with van der Waals surface area (Å²) >= 11 is 0. The fourth-order valence-electron chi connectivity index (χ4n) is 2.51. The summed E-state index contributed by atoms with van der Waals surface area (Å²) in [6.45, 7) is 5.66. The van der Waals surface area contributed by atoms with Crippen molar-refractivity contribution >= 4 is 32.9 Å². The molecule has 2 rings (SSSR count). The summed E-state index contributed by atoms with van der Waals surface area (Å²) in [5, 5.41) is 19.7. The van der Waals surface area contributed by atoms with Gasteiger partial charge in [0.15, 0.2) is 5.84 Å². The molecule has 0 heterocycles. The molecule has 27 heavy (non-hydrogen) atoms. The molecule has 0 saturated heterocycles. The zero-order valence-corrected chi connectivity index (χ0v) is 16.0. The molecule has 5 N–H and O–H groups in total. The van der Waals surface area contributed by atoms with Gasteiger partial charge in [-0.25, -0.2) is 8.42 Å². The highest BCUT2D eigenvalue weighted by molar-refractivity contribution is 7.92. The van der Waals surface area contributed by atoms with Crippen LogP contribution in [0.4, 0.5) is 11.4 Å². The number of hydrogen-bond acceptors (Lipinski definition) is 6. The zero-order valence-electron chi connectivity index (χ0n) is 15.2. The van der Waals surface area contributed by atoms with Gasteiger partial charge in [0.1, 0.15) is 6.07 Å². The van der Waals surface area contributed by atoms with Crippen LogP contribution in [-0.2, 0) is 10.0 Å². The van der Waals surface area contributed by atoms with Crippen LogP contribution < -0.4 is 15.9 Å². The number of benzene rings is 2. The number of anilines is 2. The average Bonchev–Trinajstić information content (AvgIpc) is 2.59. The van der Waals surface area contributed by atoms with Crippen LogP contribution in [0.25, 0.3) is 0 Å². The first-order chi connectivity index (χ1) is 12.6. The van der Waals surface area contributed by atoms with Gasteiger partial charge in [-0.2, -0.15) is 10.4 Å². The molecular formula is C18H20N6O2S. The van der Waals surface area contributed by atoms with Crippen molar-refractivity contribution in [1.82, 2.24) is 0 Å². The second kappa shape index (κ2) is 7.88. The molecule has 0 atom stereocenters. The Morgan fingerprint density at radius 2 is 1.70 bits per heavy atom. The Labute approximate surface area is 158 Å². The minimum Gasteiger partial charge on any atom is -0.382 e. The minimum atomic E-state index is -3.76. The van der Waals surface area contributed by atoms with Gasteiger partial charge in [0.05, 0.1) is 16.3 Å². The lowest BCUT2D eigenvalue weighted by Gasteiger charge is -2.14. The smallest absolute Gasteiger partial charge is 0.261 e. The van der Waals surface area contributed by atoms with Gasteiger partial charge >= 0.3 is 0 Å². The molecule has 0 aliphatic carbocycles. The molecule has 0 radical (unpaired) electrons. The first kappa shape index (κ1) is 19.9. The highest BCUT2D eigenvalue weighted by atomic mass is 32.2. The summed E-state index contributed by atoms with van der Waals surface area (Å²) in [5.74, 6) is -0.461. The van der Waals surface area contributed by atoms with E-state index in [4.69, 9.17) is 16.4 Å². The van der Waals surface area contributed by atoms with E-state index in [0.717, 1.165) is 16.7 Å². The summed E-state index contributed by atoms with van der Waals surface area (Å²) < 4.78 is 27.9. The third-order valence-electron chi connectivity index (χ3n) is 3.74. The van der Waals surface area contributed by atoms with Crippen molar-refractivity contribution in [3.8, 4) is 6.07 Å². The summed E-state index contributed by atoms with van der Waals surface area (Å²) in [5.41, 5.74) is 11.3. The molecule has 8 nitrogen and oxygen atoms in total. The van der Waals surface area contributed by atoms with Crippen LogP contribution in [0.3, 0.4) is 0 Å². The van der Waals surface area contributed by atoms with Crippen LogP contribution in [-0.4, -0.2) is 20.0 Å². The fourth-order valence-corrected chi connectivity index (χ4v) is 3.71. The summed E-state index contributed by atoms with van der Waals surface area (Å²) in [7, 11) is -3.76. The van der Waals surface area contributed by atoms with Crippen molar-refractivity contribution in [1.29, 1.82) is 10.7 Å². The van der Waals surface area contributed by atoms with Crippen LogP contribution in [0.2, 0.25) is 0 Å². The molecule has 0 fully saturated rings. The number of nitrogens with one attached hydrogen (secondary N) is 3. The zero-order chi connectivity index (χ0) is 20.2. The Balaban J connectivity index is 2.24. The monoisotopic (exact) mass is 384 g/mol. The SMILES string of the molecule is Cc1cc(C)c(NS(=O)(=O)c2ccc(N/N=C(\C#N)C(=N)N)cc2)c(C)c1. The van der Waals surface area contributed by atoms with Gasteiger partial charge in [-0.15, -0.1) is 0 Å². The standard InChI is InChI=1S/C18H20N6O2S/c1-11-8-12(2)17(13(3)9-11)24-27(25,26)15-6-4-14(5-7-15)22-23-16(10-19)18(20)21/h4-9,22,24H,1-3H3,(H3,20,21)/b23-16+. The van der Waals surface area contributed by atoms with E-state index in [1.54, 1.807) is 6.07 Å². The quantitative estimate of drug-likeness (QED) is 0.344. The summed E-state index contributed by atoms with van der Waals surface area (Å²) in [6.07, 6.45) is 0. The van der Waals surface area contributed by atoms with Crippen molar-refractivity contribution in [2.24, 2.45) is 10.8 Å². The molecule has 0 aliphatic heterocycles. The molecular weight excluding hydrogens is 364 g/mol. The number of nitrogens with two attached hydrogens (primary N) is 1. The van der Waals surface area contributed by atoms with Gasteiger partial charge in [0, 0.05) is 0 Å². The lowest BCUT2D eigenvalue weighted by molar-refractivity contribution is 0.601. The van der Waals surface area contributed by atoms with Crippen LogP contribution >= 0.6 is 0 Å². The third kappa shape index (κ3) is 4.83. The molecule has 0 spiro atoms. The van der Waals surface area contributed by atoms with E-state index in [1.165, 1.54) is 24.3 Å². The molecule has 0 amide bonds. The lowest BCUT2D eigenvalue weighted by Crippen LogP contribution is -2.21. The molecule has 9 heteroatoms. The molecule has 0 aliphatic rings. The maximum Gasteiger partial charge on any atom is 0.261 e. The normalized spacial score (nSPS) is 11.6. The number of aryl methyl sites for hydroxylation is 3. The van der Waals surface area contributed by atoms with Gasteiger partial charge in [-0.1, -0.05) is 17.7 Å². The van der Waals surface area contributed by atoms with E-state index in [-0.39, 0.29) is 10.6 Å². The first-order valence-corrected chi connectivity index (χ1v) is 9.41. The molecule has 0 bridgehead atoms. The van der Waals surface area contributed by atoms with E-state index < -0.39 is 15.9 Å². The van der Waals surface area contributed by atoms with E-state index in [9.17, 15) is 8.42 Å². The van der Waals surface area contributed by atoms with Crippen molar-refractivity contribution in [3.05, 3.63) is 53.1 Å². The first-order valence-electron chi connectivity index (χ1n) is 7.93. The highest BCUT2D eigenvalue weighted by Crippen LogP contribution is 2.25. The topological polar surface area (TPSA) is 144 Å². The van der Waals surface area contributed by atoms with Gasteiger partial charge in [0.2, 0.25) is 5.71 Å². The van der Waals surface area contributed by atoms with E-state index in [0.29, 0.717) is 11.4 Å². The van der Waals surface area contributed by atoms with Crippen molar-refractivity contribution < 1.29 is 8.42 Å². The second-order valence-electron chi connectivity index (χ2n) is 6.00. The van der Waals surface area contributed by atoms with Crippen LogP contribution in [0, 0.1) is 37.5 Å². The number of rotatable bonds is 6. The number of sulfonamides is 1. The largest absolute Gasteiger partial charge is 0.382 e. The van der Waals surface area contributed by atoms with Crippen LogP contribution in [0.5, 0.6) is 0 Å². The van der Waals surface area contributed by atoms with E-state index >= 15 is 0 Å².